The topological polar surface area (TPSA) is 66.8 Å². The van der Waals surface area contributed by atoms with Crippen molar-refractivity contribution in [1.29, 1.82) is 0 Å². The van der Waals surface area contributed by atoms with Crippen LogP contribution in [0.1, 0.15) is 71.6 Å². The Labute approximate surface area is 162 Å². The molecule has 4 nitrogen and oxygen atoms in total. The van der Waals surface area contributed by atoms with Crippen LogP contribution in [-0.2, 0) is 9.53 Å². The summed E-state index contributed by atoms with van der Waals surface area (Å²) in [7, 11) is 0. The molecule has 0 aromatic rings. The molecule has 0 radical (unpaired) electrons. The van der Waals surface area contributed by atoms with Gasteiger partial charge < -0.3 is 14.9 Å². The Morgan fingerprint density at radius 1 is 1.04 bits per heavy atom. The smallest absolute Gasteiger partial charge is 0.331 e. The first-order valence-electron chi connectivity index (χ1n) is 11.1. The normalized spacial score (nSPS) is 54.6. The van der Waals surface area contributed by atoms with E-state index < -0.39 is 5.60 Å². The van der Waals surface area contributed by atoms with Gasteiger partial charge in [0, 0.05) is 11.5 Å². The Bertz CT molecular complexity index is 686. The van der Waals surface area contributed by atoms with Gasteiger partial charge in [-0.15, -0.1) is 0 Å². The molecule has 4 saturated carbocycles. The van der Waals surface area contributed by atoms with E-state index in [2.05, 4.69) is 13.8 Å². The van der Waals surface area contributed by atoms with Crippen LogP contribution in [-0.4, -0.2) is 34.5 Å². The first-order valence-corrected chi connectivity index (χ1v) is 11.1. The van der Waals surface area contributed by atoms with Crippen molar-refractivity contribution in [3.05, 3.63) is 11.6 Å². The lowest BCUT2D eigenvalue weighted by atomic mass is 9.43. The van der Waals surface area contributed by atoms with Gasteiger partial charge in [-0.2, -0.15) is 0 Å². The number of fused-ring (bicyclic) bond motifs is 5. The van der Waals surface area contributed by atoms with E-state index in [4.69, 9.17) is 4.74 Å². The number of rotatable bonds is 1. The van der Waals surface area contributed by atoms with E-state index in [0.717, 1.165) is 56.9 Å². The van der Waals surface area contributed by atoms with E-state index in [1.807, 2.05) is 0 Å². The molecule has 0 spiro atoms. The molecule has 27 heavy (non-hydrogen) atoms. The van der Waals surface area contributed by atoms with Gasteiger partial charge in [0.05, 0.1) is 11.7 Å². The van der Waals surface area contributed by atoms with Gasteiger partial charge in [0.1, 0.15) is 6.61 Å². The van der Waals surface area contributed by atoms with Crippen LogP contribution in [0.15, 0.2) is 11.6 Å². The minimum atomic E-state index is -0.628. The summed E-state index contributed by atoms with van der Waals surface area (Å²) in [4.78, 5) is 11.6. The largest absolute Gasteiger partial charge is 0.458 e. The summed E-state index contributed by atoms with van der Waals surface area (Å²) in [5.74, 6) is 1.59. The number of ether oxygens (including phenoxy) is 1. The van der Waals surface area contributed by atoms with Crippen molar-refractivity contribution in [3.8, 4) is 0 Å². The quantitative estimate of drug-likeness (QED) is 0.688. The van der Waals surface area contributed by atoms with E-state index in [1.165, 1.54) is 6.42 Å². The molecule has 0 aromatic carbocycles. The maximum absolute atomic E-state index is 12.1. The third-order valence-electron chi connectivity index (χ3n) is 9.96. The van der Waals surface area contributed by atoms with E-state index in [9.17, 15) is 15.0 Å². The van der Waals surface area contributed by atoms with Crippen LogP contribution < -0.4 is 0 Å². The Morgan fingerprint density at radius 2 is 1.85 bits per heavy atom. The van der Waals surface area contributed by atoms with Crippen molar-refractivity contribution >= 4 is 5.97 Å². The van der Waals surface area contributed by atoms with Crippen molar-refractivity contribution in [2.45, 2.75) is 83.3 Å². The van der Waals surface area contributed by atoms with Crippen molar-refractivity contribution in [2.24, 2.45) is 34.5 Å². The molecule has 0 aromatic heterocycles. The van der Waals surface area contributed by atoms with Crippen LogP contribution >= 0.6 is 0 Å². The van der Waals surface area contributed by atoms with E-state index in [1.54, 1.807) is 6.08 Å². The summed E-state index contributed by atoms with van der Waals surface area (Å²) in [6.45, 7) is 5.15. The number of hydrogen-bond donors (Lipinski definition) is 2. The van der Waals surface area contributed by atoms with Gasteiger partial charge in [-0.3, -0.25) is 0 Å². The van der Waals surface area contributed by atoms with Crippen molar-refractivity contribution in [2.75, 3.05) is 6.61 Å². The number of carbonyl (C=O) groups is 1. The minimum absolute atomic E-state index is 0.126. The zero-order valence-corrected chi connectivity index (χ0v) is 16.7. The maximum atomic E-state index is 12.1. The van der Waals surface area contributed by atoms with Crippen molar-refractivity contribution < 1.29 is 19.7 Å². The molecular weight excluding hydrogens is 340 g/mol. The molecule has 8 atom stereocenters. The molecule has 4 fully saturated rings. The highest BCUT2D eigenvalue weighted by Gasteiger charge is 2.67. The van der Waals surface area contributed by atoms with E-state index in [0.29, 0.717) is 24.4 Å². The third kappa shape index (κ3) is 2.32. The van der Waals surface area contributed by atoms with Gasteiger partial charge in [0.25, 0.3) is 0 Å². The maximum Gasteiger partial charge on any atom is 0.331 e. The van der Waals surface area contributed by atoms with Crippen LogP contribution in [0, 0.1) is 34.5 Å². The molecule has 2 N–H and O–H groups in total. The van der Waals surface area contributed by atoms with Gasteiger partial charge in [-0.1, -0.05) is 13.8 Å². The average Bonchev–Trinajstić information content (AvgIpc) is 3.16. The zero-order chi connectivity index (χ0) is 19.0. The lowest BCUT2D eigenvalue weighted by molar-refractivity contribution is -0.208. The Morgan fingerprint density at radius 3 is 2.59 bits per heavy atom. The molecule has 5 rings (SSSR count). The van der Waals surface area contributed by atoms with Crippen LogP contribution in [0.2, 0.25) is 0 Å². The van der Waals surface area contributed by atoms with E-state index >= 15 is 0 Å². The van der Waals surface area contributed by atoms with Crippen LogP contribution in [0.4, 0.5) is 0 Å². The number of esters is 1. The first-order chi connectivity index (χ1) is 12.8. The second kappa shape index (κ2) is 5.82. The zero-order valence-electron chi connectivity index (χ0n) is 16.7. The van der Waals surface area contributed by atoms with Crippen LogP contribution in [0.25, 0.3) is 0 Å². The summed E-state index contributed by atoms with van der Waals surface area (Å²) in [5, 5.41) is 22.3. The minimum Gasteiger partial charge on any atom is -0.458 e. The number of carbonyl (C=O) groups excluding carboxylic acids is 1. The van der Waals surface area contributed by atoms with Gasteiger partial charge >= 0.3 is 5.97 Å². The number of aliphatic hydroxyl groups excluding tert-OH is 1. The second-order valence-corrected chi connectivity index (χ2v) is 10.7. The summed E-state index contributed by atoms with van der Waals surface area (Å²) in [6.07, 6.45) is 10.8. The fourth-order valence-corrected chi connectivity index (χ4v) is 8.39. The summed E-state index contributed by atoms with van der Waals surface area (Å²) in [6, 6.07) is 0. The molecule has 1 aliphatic heterocycles. The van der Waals surface area contributed by atoms with Gasteiger partial charge in [0.15, 0.2) is 0 Å². The molecule has 0 saturated heterocycles. The first kappa shape index (κ1) is 18.2. The summed E-state index contributed by atoms with van der Waals surface area (Å²) >= 11 is 0. The van der Waals surface area contributed by atoms with E-state index in [-0.39, 0.29) is 28.8 Å². The van der Waals surface area contributed by atoms with Gasteiger partial charge in [-0.25, -0.2) is 4.79 Å². The summed E-state index contributed by atoms with van der Waals surface area (Å²) < 4.78 is 5.20. The second-order valence-electron chi connectivity index (χ2n) is 10.7. The highest BCUT2D eigenvalue weighted by molar-refractivity contribution is 5.85. The molecule has 2 unspecified atom stereocenters. The van der Waals surface area contributed by atoms with Crippen LogP contribution in [0.5, 0.6) is 0 Å². The fraction of sp³-hybridized carbons (Fsp3) is 0.870. The van der Waals surface area contributed by atoms with Crippen molar-refractivity contribution in [1.82, 2.24) is 0 Å². The monoisotopic (exact) mass is 374 g/mol. The van der Waals surface area contributed by atoms with Crippen molar-refractivity contribution in [3.63, 3.8) is 0 Å². The number of aliphatic hydroxyl groups is 2. The molecule has 0 amide bonds. The molecule has 1 heterocycles. The molecular formula is C23H34O4. The highest BCUT2D eigenvalue weighted by atomic mass is 16.5. The average molecular weight is 375 g/mol. The SMILES string of the molecule is C[C@]12CC[C@@H](O)C[C@@H]1CCC1C2CC[C@]2(C)[C@@H](C3=CC(=O)OC3)CC[C@]12O. The Balaban J connectivity index is 1.47. The molecule has 0 bridgehead atoms. The molecule has 4 heteroatoms. The number of cyclic esters (lactones) is 1. The third-order valence-corrected chi connectivity index (χ3v) is 9.96. The standard InChI is InChI=1S/C23H34O4/c1-21-8-5-16(24)12-15(21)3-4-19-18(21)6-9-22(2)17(7-10-23(19,22)26)14-11-20(25)27-13-14/h11,15-19,24,26H,3-10,12-13H2,1-2H3/t15-,16+,17+,18?,19?,21-,22+,23-/m0/s1. The predicted molar refractivity (Wildman–Crippen MR) is 102 cm³/mol. The number of hydrogen-bond acceptors (Lipinski definition) is 4. The lowest BCUT2D eigenvalue weighted by Crippen LogP contribution is -2.62. The fourth-order valence-electron chi connectivity index (χ4n) is 8.39. The lowest BCUT2D eigenvalue weighted by Gasteiger charge is -2.63. The van der Waals surface area contributed by atoms with Gasteiger partial charge in [0.2, 0.25) is 0 Å². The summed E-state index contributed by atoms with van der Waals surface area (Å²) in [5.41, 5.74) is 0.600. The Hall–Kier alpha value is -0.870. The van der Waals surface area contributed by atoms with Crippen LogP contribution in [0.3, 0.4) is 0 Å². The molecule has 4 aliphatic carbocycles. The predicted octanol–water partition coefficient (Wildman–Crippen LogP) is 3.60. The van der Waals surface area contributed by atoms with Gasteiger partial charge in [-0.05, 0) is 92.4 Å². The Kier molecular flexibility index (Phi) is 3.92. The molecule has 5 aliphatic rings. The molecule has 150 valence electrons. The highest BCUT2D eigenvalue weighted by Crippen LogP contribution is 2.69.